The average molecular weight is 398 g/mol. The lowest BCUT2D eigenvalue weighted by Gasteiger charge is -2.37. The van der Waals surface area contributed by atoms with Gasteiger partial charge in [-0.2, -0.15) is 0 Å². The zero-order valence-corrected chi connectivity index (χ0v) is 17.9. The van der Waals surface area contributed by atoms with Crippen LogP contribution in [0.15, 0.2) is 70.2 Å². The molecule has 1 N–H and O–H groups in total. The number of methoxy groups -OCH3 is 1. The summed E-state index contributed by atoms with van der Waals surface area (Å²) in [6.07, 6.45) is 4.85. The number of rotatable bonds is 11. The Morgan fingerprint density at radius 2 is 1.82 bits per heavy atom. The van der Waals surface area contributed by atoms with E-state index in [1.54, 1.807) is 0 Å². The Bertz CT molecular complexity index is 842. The van der Waals surface area contributed by atoms with E-state index < -0.39 is 0 Å². The van der Waals surface area contributed by atoms with Gasteiger partial charge in [0, 0.05) is 22.6 Å². The van der Waals surface area contributed by atoms with E-state index >= 15 is 0 Å². The lowest BCUT2D eigenvalue weighted by Crippen LogP contribution is -2.43. The van der Waals surface area contributed by atoms with E-state index in [2.05, 4.69) is 61.6 Å². The van der Waals surface area contributed by atoms with Crippen LogP contribution in [0, 0.1) is 0 Å². The van der Waals surface area contributed by atoms with Crippen molar-refractivity contribution >= 4 is 22.7 Å². The van der Waals surface area contributed by atoms with Gasteiger partial charge in [0.1, 0.15) is 5.58 Å². The first-order valence-corrected chi connectivity index (χ1v) is 11.0. The maximum atomic E-state index is 6.06. The van der Waals surface area contributed by atoms with Crippen molar-refractivity contribution in [2.24, 2.45) is 0 Å². The highest BCUT2D eigenvalue weighted by Gasteiger charge is 2.34. The Hall–Kier alpha value is -1.75. The smallest absolute Gasteiger partial charge is 0.134 e. The van der Waals surface area contributed by atoms with Crippen LogP contribution in [0.5, 0.6) is 0 Å². The molecule has 0 spiro atoms. The van der Waals surface area contributed by atoms with Gasteiger partial charge < -0.3 is 14.5 Å². The highest BCUT2D eigenvalue weighted by Crippen LogP contribution is 2.36. The molecule has 0 bridgehead atoms. The van der Waals surface area contributed by atoms with Gasteiger partial charge in [0.2, 0.25) is 0 Å². The highest BCUT2D eigenvalue weighted by molar-refractivity contribution is 8.00. The summed E-state index contributed by atoms with van der Waals surface area (Å²) in [7, 11) is 1.85. The Labute approximate surface area is 172 Å². The molecule has 4 heteroatoms. The number of hydrogen-bond acceptors (Lipinski definition) is 4. The first kappa shape index (κ1) is 21.0. The van der Waals surface area contributed by atoms with Gasteiger partial charge >= 0.3 is 0 Å². The van der Waals surface area contributed by atoms with E-state index in [4.69, 9.17) is 9.15 Å². The summed E-state index contributed by atoms with van der Waals surface area (Å²) in [5.74, 6) is 0. The molecular weight excluding hydrogens is 366 g/mol. The third-order valence-electron chi connectivity index (χ3n) is 5.66. The molecule has 3 rings (SSSR count). The summed E-state index contributed by atoms with van der Waals surface area (Å²) in [5, 5.41) is 5.20. The maximum Gasteiger partial charge on any atom is 0.134 e. The molecule has 0 aliphatic rings. The number of nitrogens with one attached hydrogen (secondary N) is 1. The monoisotopic (exact) mass is 397 g/mol. The molecule has 0 radical (unpaired) electrons. The summed E-state index contributed by atoms with van der Waals surface area (Å²) in [6.45, 7) is 6.38. The zero-order chi connectivity index (χ0) is 19.8. The normalized spacial score (nSPS) is 14.8. The largest absolute Gasteiger partial charge is 0.464 e. The van der Waals surface area contributed by atoms with Gasteiger partial charge in [-0.3, -0.25) is 0 Å². The molecule has 0 saturated heterocycles. The fourth-order valence-corrected chi connectivity index (χ4v) is 5.08. The van der Waals surface area contributed by atoms with Crippen LogP contribution >= 0.6 is 11.8 Å². The van der Waals surface area contributed by atoms with Crippen molar-refractivity contribution in [2.75, 3.05) is 20.2 Å². The molecule has 0 aliphatic heterocycles. The number of hydrogen-bond donors (Lipinski definition) is 1. The van der Waals surface area contributed by atoms with E-state index in [-0.39, 0.29) is 5.60 Å². The second kappa shape index (κ2) is 10.1. The summed E-state index contributed by atoms with van der Waals surface area (Å²) in [6, 6.07) is 18.8. The van der Waals surface area contributed by atoms with Crippen LogP contribution in [0.2, 0.25) is 0 Å². The lowest BCUT2D eigenvalue weighted by atomic mass is 9.92. The number of ether oxygens (including phenoxy) is 1. The molecule has 2 aromatic carbocycles. The van der Waals surface area contributed by atoms with Gasteiger partial charge in [-0.05, 0) is 56.1 Å². The minimum atomic E-state index is -0.129. The van der Waals surface area contributed by atoms with E-state index in [1.807, 2.05) is 37.3 Å². The maximum absolute atomic E-state index is 6.06. The van der Waals surface area contributed by atoms with Crippen molar-refractivity contribution in [2.45, 2.75) is 48.9 Å². The number of benzene rings is 2. The summed E-state index contributed by atoms with van der Waals surface area (Å²) in [4.78, 5) is 1.30. The van der Waals surface area contributed by atoms with Crippen LogP contribution in [0.25, 0.3) is 11.0 Å². The summed E-state index contributed by atoms with van der Waals surface area (Å²) < 4.78 is 11.7. The summed E-state index contributed by atoms with van der Waals surface area (Å²) >= 11 is 1.90. The van der Waals surface area contributed by atoms with Crippen molar-refractivity contribution in [3.8, 4) is 0 Å². The van der Waals surface area contributed by atoms with Crippen molar-refractivity contribution < 1.29 is 9.15 Å². The fraction of sp³-hybridized carbons (Fsp3) is 0.417. The van der Waals surface area contributed by atoms with E-state index in [0.29, 0.717) is 5.25 Å². The van der Waals surface area contributed by atoms with E-state index in [9.17, 15) is 0 Å². The van der Waals surface area contributed by atoms with Crippen LogP contribution in [-0.4, -0.2) is 31.1 Å². The second-order valence-electron chi connectivity index (χ2n) is 7.20. The van der Waals surface area contributed by atoms with Crippen molar-refractivity contribution in [1.82, 2.24) is 5.32 Å². The molecule has 0 fully saturated rings. The predicted octanol–water partition coefficient (Wildman–Crippen LogP) is 5.93. The summed E-state index contributed by atoms with van der Waals surface area (Å²) in [5.41, 5.74) is 2.11. The molecular formula is C24H31NO2S. The third-order valence-corrected chi connectivity index (χ3v) is 6.99. The molecule has 150 valence electrons. The number of fused-ring (bicyclic) bond motifs is 1. The highest BCUT2D eigenvalue weighted by atomic mass is 32.2. The lowest BCUT2D eigenvalue weighted by molar-refractivity contribution is -0.0182. The topological polar surface area (TPSA) is 34.4 Å². The minimum Gasteiger partial charge on any atom is -0.464 e. The van der Waals surface area contributed by atoms with Gasteiger partial charge in [0.25, 0.3) is 0 Å². The van der Waals surface area contributed by atoms with E-state index in [0.717, 1.165) is 37.9 Å². The standard InChI is InChI=1S/C24H31NO2S/c1-4-24(26-3,19(2)28-21-10-6-5-7-11-21)15-17-25-16-14-20-18-27-23-13-9-8-12-22(20)23/h5-13,18-19,25H,4,14-17H2,1-3H3. The molecule has 0 saturated carbocycles. The first-order valence-electron chi connectivity index (χ1n) is 10.1. The Kier molecular flexibility index (Phi) is 7.60. The van der Waals surface area contributed by atoms with Crippen LogP contribution in [0.3, 0.4) is 0 Å². The van der Waals surface area contributed by atoms with Crippen LogP contribution in [0.1, 0.15) is 32.3 Å². The molecule has 3 aromatic rings. The van der Waals surface area contributed by atoms with Crippen molar-refractivity contribution in [3.63, 3.8) is 0 Å². The van der Waals surface area contributed by atoms with Crippen LogP contribution in [-0.2, 0) is 11.2 Å². The molecule has 3 nitrogen and oxygen atoms in total. The second-order valence-corrected chi connectivity index (χ2v) is 8.62. The van der Waals surface area contributed by atoms with Gasteiger partial charge in [0.15, 0.2) is 0 Å². The van der Waals surface area contributed by atoms with Gasteiger partial charge in [-0.25, -0.2) is 0 Å². The molecule has 2 atom stereocenters. The number of thioether (sulfide) groups is 1. The Balaban J connectivity index is 1.50. The molecule has 28 heavy (non-hydrogen) atoms. The number of furan rings is 1. The molecule has 1 heterocycles. The Morgan fingerprint density at radius 3 is 2.57 bits per heavy atom. The average Bonchev–Trinajstić information content (AvgIpc) is 3.15. The van der Waals surface area contributed by atoms with Crippen LogP contribution < -0.4 is 5.32 Å². The van der Waals surface area contributed by atoms with Crippen LogP contribution in [0.4, 0.5) is 0 Å². The quantitative estimate of drug-likeness (QED) is 0.321. The zero-order valence-electron chi connectivity index (χ0n) is 17.1. The van der Waals surface area contributed by atoms with Crippen molar-refractivity contribution in [3.05, 3.63) is 66.4 Å². The van der Waals surface area contributed by atoms with Gasteiger partial charge in [-0.15, -0.1) is 11.8 Å². The molecule has 0 amide bonds. The predicted molar refractivity (Wildman–Crippen MR) is 119 cm³/mol. The van der Waals surface area contributed by atoms with Gasteiger partial charge in [-0.1, -0.05) is 50.2 Å². The van der Waals surface area contributed by atoms with E-state index in [1.165, 1.54) is 15.8 Å². The molecule has 2 unspecified atom stereocenters. The third kappa shape index (κ3) is 4.99. The fourth-order valence-electron chi connectivity index (χ4n) is 3.76. The molecule has 0 aliphatic carbocycles. The molecule has 1 aromatic heterocycles. The Morgan fingerprint density at radius 1 is 1.07 bits per heavy atom. The SMILES string of the molecule is CCC(CCNCCc1coc2ccccc12)(OC)C(C)Sc1ccccc1. The van der Waals surface area contributed by atoms with Crippen molar-refractivity contribution in [1.29, 1.82) is 0 Å². The van der Waals surface area contributed by atoms with Gasteiger partial charge in [0.05, 0.1) is 11.9 Å². The number of para-hydroxylation sites is 1. The first-order chi connectivity index (χ1) is 13.7. The minimum absolute atomic E-state index is 0.129.